The van der Waals surface area contributed by atoms with Gasteiger partial charge in [0.15, 0.2) is 0 Å². The molecule has 27 heavy (non-hydrogen) atoms. The molecule has 0 saturated heterocycles. The number of carbonyl (C=O) groups excluding carboxylic acids is 1. The second-order valence-electron chi connectivity index (χ2n) is 7.45. The maximum absolute atomic E-state index is 13.2. The number of anilines is 1. The van der Waals surface area contributed by atoms with Gasteiger partial charge in [-0.1, -0.05) is 42.0 Å². The molecule has 2 aromatic carbocycles. The maximum atomic E-state index is 13.2. The van der Waals surface area contributed by atoms with Crippen molar-refractivity contribution in [2.45, 2.75) is 39.2 Å². The van der Waals surface area contributed by atoms with E-state index in [-0.39, 0.29) is 12.8 Å². The lowest BCUT2D eigenvalue weighted by atomic mass is 9.93. The van der Waals surface area contributed by atoms with E-state index in [4.69, 9.17) is 5.73 Å². The molecule has 0 saturated carbocycles. The zero-order chi connectivity index (χ0) is 19.8. The van der Waals surface area contributed by atoms with Crippen molar-refractivity contribution < 1.29 is 14.7 Å². The van der Waals surface area contributed by atoms with Crippen LogP contribution in [0.25, 0.3) is 6.08 Å². The van der Waals surface area contributed by atoms with Gasteiger partial charge < -0.3 is 16.2 Å². The van der Waals surface area contributed by atoms with Gasteiger partial charge in [0.1, 0.15) is 5.54 Å². The molecular formula is C22H24N2O3. The summed E-state index contributed by atoms with van der Waals surface area (Å²) < 4.78 is 0. The molecule has 0 radical (unpaired) electrons. The largest absolute Gasteiger partial charge is 0.479 e. The molecule has 0 aromatic heterocycles. The van der Waals surface area contributed by atoms with Gasteiger partial charge in [0, 0.05) is 18.5 Å². The summed E-state index contributed by atoms with van der Waals surface area (Å²) in [6, 6.07) is 11.1. The molecule has 0 aliphatic heterocycles. The number of nitrogen functional groups attached to an aromatic ring is 1. The Bertz CT molecular complexity index is 931. The fourth-order valence-corrected chi connectivity index (χ4v) is 3.66. The number of benzene rings is 2. The third-order valence-corrected chi connectivity index (χ3v) is 5.02. The summed E-state index contributed by atoms with van der Waals surface area (Å²) in [5.41, 5.74) is 9.96. The summed E-state index contributed by atoms with van der Waals surface area (Å²) in [6.07, 6.45) is 2.42. The molecule has 5 heteroatoms. The molecule has 0 spiro atoms. The van der Waals surface area contributed by atoms with Crippen molar-refractivity contribution in [1.29, 1.82) is 0 Å². The molecule has 0 atom stereocenters. The maximum Gasteiger partial charge on any atom is 0.330 e. The van der Waals surface area contributed by atoms with Gasteiger partial charge in [0.05, 0.1) is 5.56 Å². The van der Waals surface area contributed by atoms with Crippen LogP contribution in [0.3, 0.4) is 0 Å². The first-order valence-electron chi connectivity index (χ1n) is 8.90. The predicted octanol–water partition coefficient (Wildman–Crippen LogP) is 3.35. The smallest absolute Gasteiger partial charge is 0.330 e. The summed E-state index contributed by atoms with van der Waals surface area (Å²) in [5.74, 6) is -1.50. The topological polar surface area (TPSA) is 92.4 Å². The first kappa shape index (κ1) is 18.7. The van der Waals surface area contributed by atoms with Crippen molar-refractivity contribution in [3.8, 4) is 0 Å². The van der Waals surface area contributed by atoms with E-state index >= 15 is 0 Å². The fourth-order valence-electron chi connectivity index (χ4n) is 3.66. The van der Waals surface area contributed by atoms with E-state index in [9.17, 15) is 14.7 Å². The van der Waals surface area contributed by atoms with Crippen molar-refractivity contribution in [3.05, 3.63) is 69.8 Å². The van der Waals surface area contributed by atoms with Gasteiger partial charge in [-0.05, 0) is 49.1 Å². The zero-order valence-corrected chi connectivity index (χ0v) is 15.8. The number of hydrogen-bond donors (Lipinski definition) is 3. The highest BCUT2D eigenvalue weighted by atomic mass is 16.4. The van der Waals surface area contributed by atoms with E-state index in [1.165, 1.54) is 0 Å². The van der Waals surface area contributed by atoms with Crippen LogP contribution in [0, 0.1) is 6.92 Å². The highest BCUT2D eigenvalue weighted by molar-refractivity contribution is 6.05. The van der Waals surface area contributed by atoms with Crippen LogP contribution in [0.15, 0.2) is 42.0 Å². The molecule has 1 aliphatic rings. The van der Waals surface area contributed by atoms with Gasteiger partial charge in [-0.2, -0.15) is 0 Å². The van der Waals surface area contributed by atoms with Crippen LogP contribution in [-0.2, 0) is 17.6 Å². The average molecular weight is 364 g/mol. The van der Waals surface area contributed by atoms with Crippen molar-refractivity contribution in [1.82, 2.24) is 5.32 Å². The van der Waals surface area contributed by atoms with Crippen molar-refractivity contribution in [3.63, 3.8) is 0 Å². The Kier molecular flexibility index (Phi) is 4.79. The summed E-state index contributed by atoms with van der Waals surface area (Å²) in [7, 11) is 0. The standard InChI is InChI=1S/C22H24N2O3/c1-13(2)10-17-14(3)8-9-18(23)19(17)20(25)24-22(21(26)27)11-15-6-4-5-7-16(15)12-22/h4-10H,11-12,23H2,1-3H3,(H,24,25)(H,26,27). The van der Waals surface area contributed by atoms with Crippen LogP contribution in [0.2, 0.25) is 0 Å². The third kappa shape index (κ3) is 3.45. The monoisotopic (exact) mass is 364 g/mol. The first-order chi connectivity index (χ1) is 12.7. The molecule has 0 bridgehead atoms. The molecule has 0 unspecified atom stereocenters. The number of amides is 1. The van der Waals surface area contributed by atoms with E-state index in [0.717, 1.165) is 27.8 Å². The summed E-state index contributed by atoms with van der Waals surface area (Å²) >= 11 is 0. The number of allylic oxidation sites excluding steroid dienone is 1. The first-order valence-corrected chi connectivity index (χ1v) is 8.90. The lowest BCUT2D eigenvalue weighted by Crippen LogP contribution is -2.55. The Morgan fingerprint density at radius 1 is 1.11 bits per heavy atom. The summed E-state index contributed by atoms with van der Waals surface area (Å²) in [6.45, 7) is 5.79. The van der Waals surface area contributed by atoms with Gasteiger partial charge in [-0.15, -0.1) is 0 Å². The zero-order valence-electron chi connectivity index (χ0n) is 15.8. The van der Waals surface area contributed by atoms with E-state index in [0.29, 0.717) is 11.3 Å². The number of aryl methyl sites for hydroxylation is 1. The number of rotatable bonds is 4. The minimum atomic E-state index is -1.36. The molecule has 1 aliphatic carbocycles. The van der Waals surface area contributed by atoms with E-state index in [2.05, 4.69) is 5.32 Å². The molecule has 5 nitrogen and oxygen atoms in total. The molecule has 0 fully saturated rings. The van der Waals surface area contributed by atoms with Gasteiger partial charge >= 0.3 is 5.97 Å². The number of aliphatic carboxylic acids is 1. The molecular weight excluding hydrogens is 340 g/mol. The molecule has 4 N–H and O–H groups in total. The Balaban J connectivity index is 2.01. The normalized spacial score (nSPS) is 14.3. The molecule has 0 heterocycles. The Morgan fingerprint density at radius 2 is 1.70 bits per heavy atom. The van der Waals surface area contributed by atoms with Gasteiger partial charge in [0.25, 0.3) is 5.91 Å². The average Bonchev–Trinajstić information content (AvgIpc) is 2.97. The highest BCUT2D eigenvalue weighted by Gasteiger charge is 2.45. The van der Waals surface area contributed by atoms with Crippen LogP contribution in [0.1, 0.15) is 46.5 Å². The minimum absolute atomic E-state index is 0.258. The number of nitrogens with two attached hydrogens (primary N) is 1. The molecule has 1 amide bonds. The Labute approximate surface area is 158 Å². The molecule has 140 valence electrons. The summed E-state index contributed by atoms with van der Waals surface area (Å²) in [4.78, 5) is 25.3. The van der Waals surface area contributed by atoms with Crippen LogP contribution >= 0.6 is 0 Å². The van der Waals surface area contributed by atoms with Gasteiger partial charge in [0.2, 0.25) is 0 Å². The second-order valence-corrected chi connectivity index (χ2v) is 7.45. The SMILES string of the molecule is CC(C)=Cc1c(C)ccc(N)c1C(=O)NC1(C(=O)O)Cc2ccccc2C1. The number of carboxylic acids is 1. The van der Waals surface area contributed by atoms with E-state index in [1.54, 1.807) is 6.07 Å². The van der Waals surface area contributed by atoms with Gasteiger partial charge in [-0.25, -0.2) is 4.79 Å². The quantitative estimate of drug-likeness (QED) is 0.726. The van der Waals surface area contributed by atoms with Crippen LogP contribution in [0.5, 0.6) is 0 Å². The minimum Gasteiger partial charge on any atom is -0.479 e. The second kappa shape index (κ2) is 6.91. The number of carboxylic acid groups (broad SMARTS) is 1. The fraction of sp³-hybridized carbons (Fsp3) is 0.273. The predicted molar refractivity (Wildman–Crippen MR) is 107 cm³/mol. The van der Waals surface area contributed by atoms with E-state index in [1.807, 2.05) is 57.2 Å². The lowest BCUT2D eigenvalue weighted by molar-refractivity contribution is -0.144. The summed E-state index contributed by atoms with van der Waals surface area (Å²) in [5, 5.41) is 12.7. The third-order valence-electron chi connectivity index (χ3n) is 5.02. The number of carbonyl (C=O) groups is 2. The lowest BCUT2D eigenvalue weighted by Gasteiger charge is -2.26. The number of hydrogen-bond acceptors (Lipinski definition) is 3. The van der Waals surface area contributed by atoms with Crippen LogP contribution < -0.4 is 11.1 Å². The van der Waals surface area contributed by atoms with E-state index < -0.39 is 17.4 Å². The number of fused-ring (bicyclic) bond motifs is 1. The molecule has 2 aromatic rings. The highest BCUT2D eigenvalue weighted by Crippen LogP contribution is 2.32. The van der Waals surface area contributed by atoms with Crippen LogP contribution in [0.4, 0.5) is 5.69 Å². The van der Waals surface area contributed by atoms with Crippen molar-refractivity contribution in [2.75, 3.05) is 5.73 Å². The van der Waals surface area contributed by atoms with Gasteiger partial charge in [-0.3, -0.25) is 4.79 Å². The van der Waals surface area contributed by atoms with Crippen molar-refractivity contribution in [2.24, 2.45) is 0 Å². The Hall–Kier alpha value is -3.08. The van der Waals surface area contributed by atoms with Crippen molar-refractivity contribution >= 4 is 23.6 Å². The molecule has 3 rings (SSSR count). The number of nitrogens with one attached hydrogen (secondary N) is 1. The Morgan fingerprint density at radius 3 is 2.22 bits per heavy atom. The van der Waals surface area contributed by atoms with Crippen LogP contribution in [-0.4, -0.2) is 22.5 Å².